The number of fused-ring (bicyclic) bond motifs is 1. The molecule has 2 atom stereocenters. The van der Waals surface area contributed by atoms with Crippen molar-refractivity contribution in [1.82, 2.24) is 0 Å². The zero-order chi connectivity index (χ0) is 15.0. The van der Waals surface area contributed by atoms with Crippen LogP contribution in [0.4, 0.5) is 0 Å². The second kappa shape index (κ2) is 5.88. The fraction of sp³-hybridized carbons (Fsp3) is 0.294. The SMILES string of the molecule is CCOc1cc(Cl)c(C(N)C2Cc3ccccc32)cc1Cl. The highest BCUT2D eigenvalue weighted by molar-refractivity contribution is 6.34. The minimum atomic E-state index is -0.152. The van der Waals surface area contributed by atoms with E-state index in [2.05, 4.69) is 18.2 Å². The Bertz CT molecular complexity index is 672. The Labute approximate surface area is 134 Å². The van der Waals surface area contributed by atoms with Crippen LogP contribution in [-0.4, -0.2) is 6.61 Å². The lowest BCUT2D eigenvalue weighted by molar-refractivity contribution is 0.340. The third-order valence-electron chi connectivity index (χ3n) is 4.04. The molecule has 0 aromatic heterocycles. The summed E-state index contributed by atoms with van der Waals surface area (Å²) in [6, 6.07) is 11.8. The summed E-state index contributed by atoms with van der Waals surface area (Å²) in [4.78, 5) is 0. The molecule has 3 rings (SSSR count). The van der Waals surface area contributed by atoms with Gasteiger partial charge in [-0.3, -0.25) is 0 Å². The number of nitrogens with two attached hydrogens (primary N) is 1. The van der Waals surface area contributed by atoms with Crippen LogP contribution in [-0.2, 0) is 6.42 Å². The van der Waals surface area contributed by atoms with Crippen LogP contribution < -0.4 is 10.5 Å². The molecule has 0 aliphatic heterocycles. The molecular weight excluding hydrogens is 305 g/mol. The normalized spacial score (nSPS) is 17.8. The largest absolute Gasteiger partial charge is 0.492 e. The maximum absolute atomic E-state index is 6.42. The van der Waals surface area contributed by atoms with Gasteiger partial charge in [-0.2, -0.15) is 0 Å². The summed E-state index contributed by atoms with van der Waals surface area (Å²) >= 11 is 12.6. The van der Waals surface area contributed by atoms with Crippen molar-refractivity contribution in [2.24, 2.45) is 5.73 Å². The molecule has 1 aliphatic rings. The van der Waals surface area contributed by atoms with Crippen LogP contribution in [0.3, 0.4) is 0 Å². The molecule has 2 nitrogen and oxygen atoms in total. The number of rotatable bonds is 4. The number of hydrogen-bond acceptors (Lipinski definition) is 2. The minimum absolute atomic E-state index is 0.152. The molecule has 2 unspecified atom stereocenters. The second-order valence-corrected chi connectivity index (χ2v) is 6.09. The van der Waals surface area contributed by atoms with E-state index in [1.165, 1.54) is 11.1 Å². The molecule has 21 heavy (non-hydrogen) atoms. The van der Waals surface area contributed by atoms with Crippen LogP contribution in [0.2, 0.25) is 10.0 Å². The van der Waals surface area contributed by atoms with Crippen molar-refractivity contribution in [3.8, 4) is 5.75 Å². The molecular formula is C17H17Cl2NO. The Kier molecular flexibility index (Phi) is 4.12. The molecule has 2 aromatic carbocycles. The molecule has 0 fully saturated rings. The van der Waals surface area contributed by atoms with E-state index in [9.17, 15) is 0 Å². The molecule has 2 aromatic rings. The molecule has 0 bridgehead atoms. The van der Waals surface area contributed by atoms with E-state index >= 15 is 0 Å². The van der Waals surface area contributed by atoms with E-state index in [1.54, 1.807) is 6.07 Å². The van der Waals surface area contributed by atoms with E-state index in [0.29, 0.717) is 28.3 Å². The lowest BCUT2D eigenvalue weighted by Gasteiger charge is -2.35. The molecule has 0 amide bonds. The van der Waals surface area contributed by atoms with Gasteiger partial charge in [-0.15, -0.1) is 0 Å². The van der Waals surface area contributed by atoms with Gasteiger partial charge in [-0.1, -0.05) is 47.5 Å². The van der Waals surface area contributed by atoms with E-state index in [-0.39, 0.29) is 6.04 Å². The van der Waals surface area contributed by atoms with Gasteiger partial charge < -0.3 is 10.5 Å². The highest BCUT2D eigenvalue weighted by Gasteiger charge is 2.32. The van der Waals surface area contributed by atoms with Gasteiger partial charge in [0.25, 0.3) is 0 Å². The lowest BCUT2D eigenvalue weighted by atomic mass is 9.72. The van der Waals surface area contributed by atoms with E-state index < -0.39 is 0 Å². The highest BCUT2D eigenvalue weighted by Crippen LogP contribution is 2.45. The first-order chi connectivity index (χ1) is 10.1. The fourth-order valence-corrected chi connectivity index (χ4v) is 3.41. The molecule has 110 valence electrons. The van der Waals surface area contributed by atoms with Crippen molar-refractivity contribution in [1.29, 1.82) is 0 Å². The third kappa shape index (κ3) is 2.64. The fourth-order valence-electron chi connectivity index (χ4n) is 2.90. The van der Waals surface area contributed by atoms with Gasteiger partial charge in [0.1, 0.15) is 5.75 Å². The highest BCUT2D eigenvalue weighted by atomic mass is 35.5. The lowest BCUT2D eigenvalue weighted by Crippen LogP contribution is -2.29. The van der Waals surface area contributed by atoms with Gasteiger partial charge in [0.15, 0.2) is 0 Å². The van der Waals surface area contributed by atoms with Gasteiger partial charge in [0.2, 0.25) is 0 Å². The van der Waals surface area contributed by atoms with Gasteiger partial charge in [0, 0.05) is 23.0 Å². The van der Waals surface area contributed by atoms with Crippen molar-refractivity contribution >= 4 is 23.2 Å². The zero-order valence-electron chi connectivity index (χ0n) is 11.8. The zero-order valence-corrected chi connectivity index (χ0v) is 13.3. The number of benzene rings is 2. The van der Waals surface area contributed by atoms with Crippen LogP contribution in [0.1, 0.15) is 35.6 Å². The van der Waals surface area contributed by atoms with Gasteiger partial charge >= 0.3 is 0 Å². The maximum atomic E-state index is 6.42. The van der Waals surface area contributed by atoms with Crippen LogP contribution in [0.5, 0.6) is 5.75 Å². The molecule has 0 saturated carbocycles. The summed E-state index contributed by atoms with van der Waals surface area (Å²) < 4.78 is 5.45. The smallest absolute Gasteiger partial charge is 0.139 e. The third-order valence-corrected chi connectivity index (χ3v) is 4.66. The van der Waals surface area contributed by atoms with E-state index in [0.717, 1.165) is 12.0 Å². The Morgan fingerprint density at radius 2 is 2.00 bits per heavy atom. The van der Waals surface area contributed by atoms with Gasteiger partial charge in [0.05, 0.1) is 11.6 Å². The molecule has 1 aliphatic carbocycles. The number of ether oxygens (including phenoxy) is 1. The first-order valence-corrected chi connectivity index (χ1v) is 7.82. The average molecular weight is 322 g/mol. The predicted octanol–water partition coefficient (Wildman–Crippen LogP) is 4.73. The van der Waals surface area contributed by atoms with Crippen molar-refractivity contribution in [3.05, 3.63) is 63.1 Å². The van der Waals surface area contributed by atoms with Crippen molar-refractivity contribution in [2.45, 2.75) is 25.3 Å². The molecule has 0 saturated heterocycles. The Hall–Kier alpha value is -1.22. The van der Waals surface area contributed by atoms with Crippen LogP contribution in [0, 0.1) is 0 Å². The van der Waals surface area contributed by atoms with Crippen LogP contribution in [0.25, 0.3) is 0 Å². The van der Waals surface area contributed by atoms with E-state index in [4.69, 9.17) is 33.7 Å². The maximum Gasteiger partial charge on any atom is 0.139 e. The first-order valence-electron chi connectivity index (χ1n) is 7.07. The Balaban J connectivity index is 1.89. The quantitative estimate of drug-likeness (QED) is 0.883. The summed E-state index contributed by atoms with van der Waals surface area (Å²) in [7, 11) is 0. The molecule has 4 heteroatoms. The van der Waals surface area contributed by atoms with Gasteiger partial charge in [-0.05, 0) is 36.1 Å². The standard InChI is InChI=1S/C17H17Cl2NO/c1-2-21-16-9-14(18)13(8-15(16)19)17(20)12-7-10-5-3-4-6-11(10)12/h3-6,8-9,12,17H,2,7,20H2,1H3. The number of hydrogen-bond donors (Lipinski definition) is 1. The molecule has 0 radical (unpaired) electrons. The molecule has 0 spiro atoms. The summed E-state index contributed by atoms with van der Waals surface area (Å²) in [5.74, 6) is 0.904. The molecule has 0 heterocycles. The minimum Gasteiger partial charge on any atom is -0.492 e. The number of halogens is 2. The van der Waals surface area contributed by atoms with E-state index in [1.807, 2.05) is 19.1 Å². The topological polar surface area (TPSA) is 35.2 Å². The van der Waals surface area contributed by atoms with Crippen molar-refractivity contribution in [3.63, 3.8) is 0 Å². The van der Waals surface area contributed by atoms with Crippen LogP contribution >= 0.6 is 23.2 Å². The summed E-state index contributed by atoms with van der Waals surface area (Å²) in [5, 5.41) is 1.17. The second-order valence-electron chi connectivity index (χ2n) is 5.27. The van der Waals surface area contributed by atoms with Crippen LogP contribution in [0.15, 0.2) is 36.4 Å². The molecule has 2 N–H and O–H groups in total. The van der Waals surface area contributed by atoms with Crippen molar-refractivity contribution in [2.75, 3.05) is 6.61 Å². The first kappa shape index (κ1) is 14.7. The monoisotopic (exact) mass is 321 g/mol. The Morgan fingerprint density at radius 1 is 1.24 bits per heavy atom. The Morgan fingerprint density at radius 3 is 2.71 bits per heavy atom. The summed E-state index contributed by atoms with van der Waals surface area (Å²) in [6.07, 6.45) is 0.985. The van der Waals surface area contributed by atoms with Crippen molar-refractivity contribution < 1.29 is 4.74 Å². The summed E-state index contributed by atoms with van der Waals surface area (Å²) in [5.41, 5.74) is 9.98. The summed E-state index contributed by atoms with van der Waals surface area (Å²) in [6.45, 7) is 2.46. The van der Waals surface area contributed by atoms with Gasteiger partial charge in [-0.25, -0.2) is 0 Å². The average Bonchev–Trinajstić information content (AvgIpc) is 2.44. The predicted molar refractivity (Wildman–Crippen MR) is 87.4 cm³/mol.